The lowest BCUT2D eigenvalue weighted by Crippen LogP contribution is -2.25. The summed E-state index contributed by atoms with van der Waals surface area (Å²) >= 11 is 0. The first-order chi connectivity index (χ1) is 11.6. The third kappa shape index (κ3) is 3.71. The number of hydrogen-bond donors (Lipinski definition) is 1. The Kier molecular flexibility index (Phi) is 4.74. The van der Waals surface area contributed by atoms with Crippen molar-refractivity contribution in [2.24, 2.45) is 0 Å². The van der Waals surface area contributed by atoms with Crippen LogP contribution in [0.3, 0.4) is 0 Å². The average molecular weight is 324 g/mol. The number of nitrogens with zero attached hydrogens (tertiary/aromatic N) is 3. The Morgan fingerprint density at radius 3 is 2.71 bits per heavy atom. The monoisotopic (exact) mass is 324 g/mol. The Labute approximate surface area is 140 Å². The van der Waals surface area contributed by atoms with Gasteiger partial charge in [-0.25, -0.2) is 0 Å². The summed E-state index contributed by atoms with van der Waals surface area (Å²) in [5.74, 6) is 0.359. The Morgan fingerprint density at radius 1 is 1.21 bits per heavy atom. The van der Waals surface area contributed by atoms with Crippen LogP contribution in [0.2, 0.25) is 0 Å². The molecule has 0 spiro atoms. The predicted octanol–water partition coefficient (Wildman–Crippen LogP) is 2.98. The second kappa shape index (κ2) is 7.12. The van der Waals surface area contributed by atoms with E-state index in [-0.39, 0.29) is 5.91 Å². The standard InChI is InChI=1S/C18H20N4O2/c1-13-11-14(2)22(20-13)10-6-9-19-18(23)16-12-17(24-21-16)15-7-4-3-5-8-15/h3-5,7-8,11-12H,6,9-10H2,1-2H3,(H,19,23). The van der Waals surface area contributed by atoms with Gasteiger partial charge in [0.05, 0.1) is 5.69 Å². The van der Waals surface area contributed by atoms with Crippen LogP contribution in [0.1, 0.15) is 28.3 Å². The summed E-state index contributed by atoms with van der Waals surface area (Å²) in [7, 11) is 0. The minimum absolute atomic E-state index is 0.228. The summed E-state index contributed by atoms with van der Waals surface area (Å²) < 4.78 is 7.19. The summed E-state index contributed by atoms with van der Waals surface area (Å²) in [5, 5.41) is 11.1. The van der Waals surface area contributed by atoms with Crippen LogP contribution in [0.25, 0.3) is 11.3 Å². The van der Waals surface area contributed by atoms with Crippen LogP contribution in [-0.4, -0.2) is 27.4 Å². The van der Waals surface area contributed by atoms with Gasteiger partial charge >= 0.3 is 0 Å². The van der Waals surface area contributed by atoms with E-state index < -0.39 is 0 Å². The summed E-state index contributed by atoms with van der Waals surface area (Å²) in [4.78, 5) is 12.1. The van der Waals surface area contributed by atoms with E-state index in [0.717, 1.165) is 29.9 Å². The lowest BCUT2D eigenvalue weighted by atomic mass is 10.1. The Balaban J connectivity index is 1.51. The lowest BCUT2D eigenvalue weighted by Gasteiger charge is -2.05. The van der Waals surface area contributed by atoms with Crippen LogP contribution in [0.4, 0.5) is 0 Å². The number of hydrogen-bond acceptors (Lipinski definition) is 4. The van der Waals surface area contributed by atoms with Crippen molar-refractivity contribution in [2.45, 2.75) is 26.8 Å². The van der Waals surface area contributed by atoms with Crippen molar-refractivity contribution in [2.75, 3.05) is 6.54 Å². The number of benzene rings is 1. The molecule has 124 valence electrons. The van der Waals surface area contributed by atoms with Crippen LogP contribution in [0, 0.1) is 13.8 Å². The van der Waals surface area contributed by atoms with Crippen molar-refractivity contribution in [3.8, 4) is 11.3 Å². The first-order valence-electron chi connectivity index (χ1n) is 7.95. The van der Waals surface area contributed by atoms with E-state index in [4.69, 9.17) is 4.52 Å². The van der Waals surface area contributed by atoms with Gasteiger partial charge in [-0.05, 0) is 26.3 Å². The van der Waals surface area contributed by atoms with Gasteiger partial charge in [0.1, 0.15) is 0 Å². The van der Waals surface area contributed by atoms with Gasteiger partial charge < -0.3 is 9.84 Å². The number of amides is 1. The SMILES string of the molecule is Cc1cc(C)n(CCCNC(=O)c2cc(-c3ccccc3)on2)n1. The zero-order valence-corrected chi connectivity index (χ0v) is 13.8. The quantitative estimate of drug-likeness (QED) is 0.708. The zero-order valence-electron chi connectivity index (χ0n) is 13.8. The van der Waals surface area contributed by atoms with Gasteiger partial charge in [-0.15, -0.1) is 0 Å². The maximum atomic E-state index is 12.1. The maximum absolute atomic E-state index is 12.1. The molecule has 2 aromatic heterocycles. The van der Waals surface area contributed by atoms with E-state index >= 15 is 0 Å². The molecule has 1 aromatic carbocycles. The van der Waals surface area contributed by atoms with Gasteiger partial charge in [0.2, 0.25) is 0 Å². The number of carbonyl (C=O) groups excluding carboxylic acids is 1. The summed E-state index contributed by atoms with van der Waals surface area (Å²) in [6.45, 7) is 5.33. The molecule has 6 nitrogen and oxygen atoms in total. The normalized spacial score (nSPS) is 10.8. The Bertz CT molecular complexity index is 821. The molecule has 2 heterocycles. The zero-order chi connectivity index (χ0) is 16.9. The molecular formula is C18H20N4O2. The first-order valence-corrected chi connectivity index (χ1v) is 7.95. The third-order valence-corrected chi connectivity index (χ3v) is 3.74. The van der Waals surface area contributed by atoms with Crippen LogP contribution < -0.4 is 5.32 Å². The van der Waals surface area contributed by atoms with E-state index in [0.29, 0.717) is 18.0 Å². The van der Waals surface area contributed by atoms with Crippen molar-refractivity contribution < 1.29 is 9.32 Å². The van der Waals surface area contributed by atoms with E-state index in [1.54, 1.807) is 6.07 Å². The van der Waals surface area contributed by atoms with Gasteiger partial charge in [0.25, 0.3) is 5.91 Å². The van der Waals surface area contributed by atoms with Crippen LogP contribution in [0.5, 0.6) is 0 Å². The summed E-state index contributed by atoms with van der Waals surface area (Å²) in [6, 6.07) is 13.3. The fourth-order valence-electron chi connectivity index (χ4n) is 2.54. The second-order valence-electron chi connectivity index (χ2n) is 5.70. The lowest BCUT2D eigenvalue weighted by molar-refractivity contribution is 0.0943. The van der Waals surface area contributed by atoms with Gasteiger partial charge in [0, 0.05) is 30.4 Å². The molecule has 0 aliphatic heterocycles. The fraction of sp³-hybridized carbons (Fsp3) is 0.278. The maximum Gasteiger partial charge on any atom is 0.273 e. The highest BCUT2D eigenvalue weighted by Gasteiger charge is 2.13. The summed E-state index contributed by atoms with van der Waals surface area (Å²) in [5.41, 5.74) is 3.32. The van der Waals surface area contributed by atoms with Crippen molar-refractivity contribution in [3.63, 3.8) is 0 Å². The molecule has 0 unspecified atom stereocenters. The molecule has 6 heteroatoms. The Morgan fingerprint density at radius 2 is 2.00 bits per heavy atom. The van der Waals surface area contributed by atoms with Crippen LogP contribution in [-0.2, 0) is 6.54 Å². The minimum Gasteiger partial charge on any atom is -0.355 e. The number of aryl methyl sites for hydroxylation is 3. The van der Waals surface area contributed by atoms with Gasteiger partial charge in [-0.3, -0.25) is 9.48 Å². The topological polar surface area (TPSA) is 73.0 Å². The highest BCUT2D eigenvalue weighted by molar-refractivity contribution is 5.93. The number of nitrogens with one attached hydrogen (secondary N) is 1. The molecule has 0 fully saturated rings. The molecule has 0 saturated heterocycles. The van der Waals surface area contributed by atoms with Gasteiger partial charge in [-0.1, -0.05) is 35.5 Å². The van der Waals surface area contributed by atoms with Gasteiger partial charge in [-0.2, -0.15) is 5.10 Å². The van der Waals surface area contributed by atoms with E-state index in [1.165, 1.54) is 0 Å². The van der Waals surface area contributed by atoms with E-state index in [1.807, 2.05) is 54.9 Å². The molecule has 0 aliphatic rings. The minimum atomic E-state index is -0.228. The molecule has 0 saturated carbocycles. The van der Waals surface area contributed by atoms with Crippen molar-refractivity contribution in [1.82, 2.24) is 20.3 Å². The predicted molar refractivity (Wildman–Crippen MR) is 90.6 cm³/mol. The molecule has 24 heavy (non-hydrogen) atoms. The molecule has 0 radical (unpaired) electrons. The first kappa shape index (κ1) is 16.0. The molecule has 0 aliphatic carbocycles. The number of aromatic nitrogens is 3. The molecule has 0 bridgehead atoms. The van der Waals surface area contributed by atoms with Crippen LogP contribution in [0.15, 0.2) is 47.0 Å². The highest BCUT2D eigenvalue weighted by Crippen LogP contribution is 2.19. The third-order valence-electron chi connectivity index (χ3n) is 3.74. The molecule has 3 rings (SSSR count). The largest absolute Gasteiger partial charge is 0.355 e. The highest BCUT2D eigenvalue weighted by atomic mass is 16.5. The Hall–Kier alpha value is -2.89. The molecule has 3 aromatic rings. The number of rotatable bonds is 6. The van der Waals surface area contributed by atoms with Crippen molar-refractivity contribution in [3.05, 3.63) is 59.5 Å². The average Bonchev–Trinajstić information content (AvgIpc) is 3.19. The number of carbonyl (C=O) groups is 1. The molecule has 0 atom stereocenters. The fourth-order valence-corrected chi connectivity index (χ4v) is 2.54. The molecule has 1 N–H and O–H groups in total. The smallest absolute Gasteiger partial charge is 0.273 e. The summed E-state index contributed by atoms with van der Waals surface area (Å²) in [6.07, 6.45) is 0.803. The van der Waals surface area contributed by atoms with Crippen LogP contribution >= 0.6 is 0 Å². The van der Waals surface area contributed by atoms with Gasteiger partial charge in [0.15, 0.2) is 11.5 Å². The van der Waals surface area contributed by atoms with E-state index in [2.05, 4.69) is 15.6 Å². The van der Waals surface area contributed by atoms with E-state index in [9.17, 15) is 4.79 Å². The molecule has 1 amide bonds. The second-order valence-corrected chi connectivity index (χ2v) is 5.70. The van der Waals surface area contributed by atoms with Crippen molar-refractivity contribution >= 4 is 5.91 Å². The molecular weight excluding hydrogens is 304 g/mol. The van der Waals surface area contributed by atoms with Crippen molar-refractivity contribution in [1.29, 1.82) is 0 Å².